The molecule has 1 atom stereocenters. The summed E-state index contributed by atoms with van der Waals surface area (Å²) in [4.78, 5) is 13.9. The summed E-state index contributed by atoms with van der Waals surface area (Å²) in [5.74, 6) is 1.87. The van der Waals surface area contributed by atoms with E-state index in [1.165, 1.54) is 20.9 Å². The van der Waals surface area contributed by atoms with Crippen molar-refractivity contribution in [1.82, 2.24) is 0 Å². The predicted octanol–water partition coefficient (Wildman–Crippen LogP) is 5.26. The molecule has 0 spiro atoms. The second kappa shape index (κ2) is 8.50. The van der Waals surface area contributed by atoms with E-state index in [1.54, 1.807) is 11.8 Å². The topological polar surface area (TPSA) is 17.1 Å². The second-order valence-electron chi connectivity index (χ2n) is 5.48. The number of hydrogen-bond acceptors (Lipinski definition) is 3. The van der Waals surface area contributed by atoms with Crippen molar-refractivity contribution < 1.29 is 4.79 Å². The van der Waals surface area contributed by atoms with Gasteiger partial charge in [-0.05, 0) is 43.7 Å². The number of carbonyl (C=O) groups excluding carboxylic acids is 1. The lowest BCUT2D eigenvalue weighted by molar-refractivity contribution is -0.109. The fourth-order valence-electron chi connectivity index (χ4n) is 2.02. The third-order valence-corrected chi connectivity index (χ3v) is 5.99. The molecule has 1 aliphatic rings. The van der Waals surface area contributed by atoms with Crippen LogP contribution in [0.25, 0.3) is 0 Å². The molecule has 1 unspecified atom stereocenters. The average Bonchev–Trinajstić information content (AvgIpc) is 2.51. The maximum absolute atomic E-state index is 11.2. The minimum Gasteiger partial charge on any atom is -0.303 e. The molecule has 0 heterocycles. The van der Waals surface area contributed by atoms with E-state index in [9.17, 15) is 4.79 Å². The molecule has 3 heteroatoms. The smallest absolute Gasteiger partial charge is 0.124 e. The van der Waals surface area contributed by atoms with Crippen LogP contribution in [0.5, 0.6) is 0 Å². The van der Waals surface area contributed by atoms with Crippen LogP contribution in [0.2, 0.25) is 0 Å². The summed E-state index contributed by atoms with van der Waals surface area (Å²) in [6.07, 6.45) is 7.80. The van der Waals surface area contributed by atoms with Crippen molar-refractivity contribution >= 4 is 29.8 Å². The molecule has 0 fully saturated rings. The Labute approximate surface area is 136 Å². The van der Waals surface area contributed by atoms with Crippen LogP contribution in [0.3, 0.4) is 0 Å². The molecule has 1 nitrogen and oxygen atoms in total. The first kappa shape index (κ1) is 16.4. The average molecular weight is 319 g/mol. The molecule has 1 aromatic rings. The lowest BCUT2D eigenvalue weighted by Crippen LogP contribution is -2.09. The third-order valence-electron chi connectivity index (χ3n) is 3.48. The number of benzene rings is 1. The molecule has 0 N–H and O–H groups in total. The van der Waals surface area contributed by atoms with Crippen molar-refractivity contribution in [3.8, 4) is 0 Å². The largest absolute Gasteiger partial charge is 0.303 e. The van der Waals surface area contributed by atoms with E-state index in [-0.39, 0.29) is 5.92 Å². The zero-order valence-corrected chi connectivity index (χ0v) is 14.3. The number of allylic oxidation sites excluding steroid dienone is 4. The van der Waals surface area contributed by atoms with Gasteiger partial charge in [-0.3, -0.25) is 0 Å². The quantitative estimate of drug-likeness (QED) is 0.504. The highest BCUT2D eigenvalue weighted by Gasteiger charge is 2.11. The SMILES string of the molecule is CC1=CC=C(SCC(C=O)CSc2ccc(C)cc2)CC1. The highest BCUT2D eigenvalue weighted by atomic mass is 32.2. The molecule has 1 aromatic carbocycles. The minimum absolute atomic E-state index is 0.120. The van der Waals surface area contributed by atoms with E-state index >= 15 is 0 Å². The van der Waals surface area contributed by atoms with Gasteiger partial charge in [0.1, 0.15) is 6.29 Å². The number of thioether (sulfide) groups is 2. The predicted molar refractivity (Wildman–Crippen MR) is 95.0 cm³/mol. The fraction of sp³-hybridized carbons (Fsp3) is 0.389. The van der Waals surface area contributed by atoms with Gasteiger partial charge in [0.05, 0.1) is 0 Å². The molecular weight excluding hydrogens is 296 g/mol. The van der Waals surface area contributed by atoms with E-state index in [1.807, 2.05) is 11.8 Å². The van der Waals surface area contributed by atoms with E-state index in [4.69, 9.17) is 0 Å². The van der Waals surface area contributed by atoms with Gasteiger partial charge in [0.2, 0.25) is 0 Å². The summed E-state index contributed by atoms with van der Waals surface area (Å²) in [6, 6.07) is 8.50. The molecule has 0 radical (unpaired) electrons. The highest BCUT2D eigenvalue weighted by Crippen LogP contribution is 2.30. The van der Waals surface area contributed by atoms with Crippen molar-refractivity contribution in [1.29, 1.82) is 0 Å². The Kier molecular flexibility index (Phi) is 6.65. The first-order chi connectivity index (χ1) is 10.2. The Hall–Kier alpha value is -0.930. The van der Waals surface area contributed by atoms with E-state index in [2.05, 4.69) is 50.3 Å². The Morgan fingerprint density at radius 3 is 2.38 bits per heavy atom. The van der Waals surface area contributed by atoms with Crippen LogP contribution in [-0.2, 0) is 4.79 Å². The van der Waals surface area contributed by atoms with Gasteiger partial charge in [0.15, 0.2) is 0 Å². The molecule has 0 bridgehead atoms. The normalized spacial score (nSPS) is 16.1. The fourth-order valence-corrected chi connectivity index (χ4v) is 4.14. The van der Waals surface area contributed by atoms with Gasteiger partial charge in [-0.25, -0.2) is 0 Å². The zero-order valence-electron chi connectivity index (χ0n) is 12.7. The monoisotopic (exact) mass is 318 g/mol. The Morgan fingerprint density at radius 2 is 1.76 bits per heavy atom. The molecule has 0 saturated heterocycles. The lowest BCUT2D eigenvalue weighted by Gasteiger charge is -2.14. The van der Waals surface area contributed by atoms with Crippen molar-refractivity contribution in [3.05, 3.63) is 52.5 Å². The Bertz CT molecular complexity index is 529. The highest BCUT2D eigenvalue weighted by molar-refractivity contribution is 8.03. The van der Waals surface area contributed by atoms with E-state index in [0.29, 0.717) is 0 Å². The number of carbonyl (C=O) groups is 1. The first-order valence-corrected chi connectivity index (χ1v) is 9.28. The third kappa shape index (κ3) is 5.76. The number of rotatable bonds is 7. The van der Waals surface area contributed by atoms with E-state index < -0.39 is 0 Å². The first-order valence-electron chi connectivity index (χ1n) is 7.31. The van der Waals surface area contributed by atoms with Crippen LogP contribution >= 0.6 is 23.5 Å². The van der Waals surface area contributed by atoms with Crippen molar-refractivity contribution in [3.63, 3.8) is 0 Å². The standard InChI is InChI=1S/C18H22OS2/c1-14-3-7-17(8-4-14)20-12-16(11-19)13-21-18-9-5-15(2)6-10-18/h3-5,7-9,11,16H,6,10,12-13H2,1-2H3. The minimum atomic E-state index is 0.120. The zero-order chi connectivity index (χ0) is 15.1. The van der Waals surface area contributed by atoms with Crippen LogP contribution in [0.1, 0.15) is 25.3 Å². The molecule has 0 aliphatic heterocycles. The molecule has 1 aliphatic carbocycles. The van der Waals surface area contributed by atoms with Crippen molar-refractivity contribution in [2.45, 2.75) is 31.6 Å². The maximum atomic E-state index is 11.2. The van der Waals surface area contributed by atoms with Gasteiger partial charge < -0.3 is 4.79 Å². The number of hydrogen-bond donors (Lipinski definition) is 0. The van der Waals surface area contributed by atoms with Crippen LogP contribution in [-0.4, -0.2) is 17.8 Å². The Morgan fingerprint density at radius 1 is 1.05 bits per heavy atom. The molecular formula is C18H22OS2. The van der Waals surface area contributed by atoms with E-state index in [0.717, 1.165) is 30.6 Å². The summed E-state index contributed by atoms with van der Waals surface area (Å²) in [5.41, 5.74) is 2.72. The van der Waals surface area contributed by atoms with Gasteiger partial charge >= 0.3 is 0 Å². The summed E-state index contributed by atoms with van der Waals surface area (Å²) < 4.78 is 0. The van der Waals surface area contributed by atoms with Crippen LogP contribution in [0.15, 0.2) is 51.8 Å². The van der Waals surface area contributed by atoms with Gasteiger partial charge in [0, 0.05) is 22.3 Å². The van der Waals surface area contributed by atoms with Gasteiger partial charge in [0.25, 0.3) is 0 Å². The molecule has 0 saturated carbocycles. The maximum Gasteiger partial charge on any atom is 0.124 e. The summed E-state index contributed by atoms with van der Waals surface area (Å²) in [7, 11) is 0. The van der Waals surface area contributed by atoms with Crippen LogP contribution < -0.4 is 0 Å². The lowest BCUT2D eigenvalue weighted by atomic mass is 10.1. The number of aryl methyl sites for hydroxylation is 1. The van der Waals surface area contributed by atoms with Gasteiger partial charge in [-0.1, -0.05) is 35.4 Å². The summed E-state index contributed by atoms with van der Waals surface area (Å²) >= 11 is 3.61. The van der Waals surface area contributed by atoms with Crippen LogP contribution in [0.4, 0.5) is 0 Å². The molecule has 0 amide bonds. The van der Waals surface area contributed by atoms with Crippen molar-refractivity contribution in [2.24, 2.45) is 5.92 Å². The molecule has 112 valence electrons. The van der Waals surface area contributed by atoms with Gasteiger partial charge in [-0.15, -0.1) is 23.5 Å². The Balaban J connectivity index is 1.78. The number of aldehydes is 1. The van der Waals surface area contributed by atoms with Crippen LogP contribution in [0, 0.1) is 12.8 Å². The summed E-state index contributed by atoms with van der Waals surface area (Å²) in [6.45, 7) is 4.26. The summed E-state index contributed by atoms with van der Waals surface area (Å²) in [5, 5.41) is 0. The second-order valence-corrected chi connectivity index (χ2v) is 7.72. The molecule has 2 rings (SSSR count). The van der Waals surface area contributed by atoms with Gasteiger partial charge in [-0.2, -0.15) is 0 Å². The molecule has 21 heavy (non-hydrogen) atoms. The van der Waals surface area contributed by atoms with Crippen molar-refractivity contribution in [2.75, 3.05) is 11.5 Å². The molecule has 0 aromatic heterocycles.